The van der Waals surface area contributed by atoms with Crippen LogP contribution in [0.1, 0.15) is 0 Å². The molecule has 0 aromatic rings. The molecule has 0 spiro atoms. The Hall–Kier alpha value is 0.946. The summed E-state index contributed by atoms with van der Waals surface area (Å²) in [6.45, 7) is 0. The maximum Gasteiger partial charge on any atom is 1.00 e. The Kier molecular flexibility index (Phi) is 12.5. The monoisotopic (exact) mass is 169 g/mol. The minimum atomic E-state index is -1.12. The van der Waals surface area contributed by atoms with Gasteiger partial charge in [-0.15, -0.1) is 11.8 Å². The van der Waals surface area contributed by atoms with Gasteiger partial charge in [-0.1, -0.05) is 0 Å². The fraction of sp³-hybridized carbons (Fsp3) is 0.500. The van der Waals surface area contributed by atoms with Crippen molar-refractivity contribution in [3.63, 3.8) is 0 Å². The summed E-state index contributed by atoms with van der Waals surface area (Å²) in [5.41, 5.74) is 0. The zero-order valence-corrected chi connectivity index (χ0v) is 9.03. The number of carbonyl (C=O) groups excluding carboxylic acids is 1. The summed E-state index contributed by atoms with van der Waals surface area (Å²) in [6.07, 6.45) is 0. The van der Waals surface area contributed by atoms with Crippen molar-refractivity contribution in [2.24, 2.45) is 0 Å². The van der Waals surface area contributed by atoms with Crippen LogP contribution in [0.3, 0.4) is 0 Å². The van der Waals surface area contributed by atoms with Crippen molar-refractivity contribution >= 4 is 17.7 Å². The van der Waals surface area contributed by atoms with Gasteiger partial charge in [0.25, 0.3) is 0 Å². The summed E-state index contributed by atoms with van der Waals surface area (Å²) in [6, 6.07) is 1.79. The van der Waals surface area contributed by atoms with E-state index in [1.807, 2.05) is 0 Å². The molecule has 0 aromatic carbocycles. The minimum absolute atomic E-state index is 0. The number of hydrogen-bond donors (Lipinski definition) is 0. The fourth-order valence-electron chi connectivity index (χ4n) is 0.180. The number of nitrogens with zero attached hydrogens (tertiary/aromatic N) is 1. The van der Waals surface area contributed by atoms with E-state index in [0.29, 0.717) is 0 Å². The van der Waals surface area contributed by atoms with Crippen LogP contribution >= 0.6 is 11.8 Å². The zero-order chi connectivity index (χ0) is 6.41. The molecule has 0 unspecified atom stereocenters. The molecule has 0 amide bonds. The van der Waals surface area contributed by atoms with E-state index >= 15 is 0 Å². The molecule has 0 aliphatic heterocycles. The van der Waals surface area contributed by atoms with Gasteiger partial charge in [0.15, 0.2) is 0 Å². The van der Waals surface area contributed by atoms with Crippen molar-refractivity contribution in [3.05, 3.63) is 0 Å². The molecule has 0 aliphatic rings. The van der Waals surface area contributed by atoms with Gasteiger partial charge < -0.3 is 9.90 Å². The minimum Gasteiger partial charge on any atom is -0.549 e. The van der Waals surface area contributed by atoms with Gasteiger partial charge in [0, 0.05) is 5.75 Å². The van der Waals surface area contributed by atoms with Gasteiger partial charge in [0.1, 0.15) is 0 Å². The maximum absolute atomic E-state index is 9.63. The van der Waals surface area contributed by atoms with E-state index in [9.17, 15) is 9.90 Å². The van der Waals surface area contributed by atoms with Crippen LogP contribution in [0, 0.1) is 11.3 Å². The third kappa shape index (κ3) is 12.2. The molecule has 5 heteroatoms. The van der Waals surface area contributed by atoms with Gasteiger partial charge in [0.05, 0.1) is 17.8 Å². The van der Waals surface area contributed by atoms with Crippen LogP contribution in [0.25, 0.3) is 0 Å². The van der Waals surface area contributed by atoms with Crippen molar-refractivity contribution in [1.29, 1.82) is 5.26 Å². The van der Waals surface area contributed by atoms with Gasteiger partial charge in [-0.3, -0.25) is 0 Å². The van der Waals surface area contributed by atoms with E-state index in [0.717, 1.165) is 11.8 Å². The Balaban J connectivity index is 0. The molecule has 0 fully saturated rings. The van der Waals surface area contributed by atoms with Gasteiger partial charge in [-0.2, -0.15) is 5.26 Å². The van der Waals surface area contributed by atoms with E-state index in [1.165, 1.54) is 0 Å². The Bertz CT molecular complexity index is 122. The molecule has 3 nitrogen and oxygen atoms in total. The Labute approximate surface area is 100 Å². The van der Waals surface area contributed by atoms with E-state index in [1.54, 1.807) is 6.07 Å². The molecule has 0 aromatic heterocycles. The largest absolute Gasteiger partial charge is 1.00 e. The molecule has 0 heterocycles. The van der Waals surface area contributed by atoms with Crippen LogP contribution in [-0.2, 0) is 4.79 Å². The SMILES string of the molecule is N#CCSCC(=O)[O-].[K+]. The summed E-state index contributed by atoms with van der Waals surface area (Å²) in [5.74, 6) is -0.994. The van der Waals surface area contributed by atoms with E-state index < -0.39 is 5.97 Å². The number of carboxylic acids is 1. The Morgan fingerprint density at radius 2 is 2.33 bits per heavy atom. The molecule has 0 atom stereocenters. The molecule has 0 N–H and O–H groups in total. The molecular formula is C4H4KNO2S. The molecule has 0 radical (unpaired) electrons. The van der Waals surface area contributed by atoms with Gasteiger partial charge >= 0.3 is 51.4 Å². The Morgan fingerprint density at radius 1 is 1.78 bits per heavy atom. The van der Waals surface area contributed by atoms with Crippen LogP contribution in [0.5, 0.6) is 0 Å². The predicted molar refractivity (Wildman–Crippen MR) is 27.9 cm³/mol. The first kappa shape index (κ1) is 12.6. The number of thioether (sulfide) groups is 1. The smallest absolute Gasteiger partial charge is 0.549 e. The Morgan fingerprint density at radius 3 is 2.67 bits per heavy atom. The molecule has 0 aliphatic carbocycles. The fourth-order valence-corrected chi connectivity index (χ4v) is 0.540. The van der Waals surface area contributed by atoms with Gasteiger partial charge in [-0.25, -0.2) is 0 Å². The number of carbonyl (C=O) groups is 1. The molecule has 0 saturated carbocycles. The topological polar surface area (TPSA) is 63.9 Å². The summed E-state index contributed by atoms with van der Waals surface area (Å²) < 4.78 is 0. The van der Waals surface area contributed by atoms with Crippen LogP contribution in [0.4, 0.5) is 0 Å². The van der Waals surface area contributed by atoms with Crippen LogP contribution in [0.15, 0.2) is 0 Å². The van der Waals surface area contributed by atoms with Crippen LogP contribution in [0.2, 0.25) is 0 Å². The van der Waals surface area contributed by atoms with Crippen LogP contribution < -0.4 is 56.5 Å². The number of carboxylic acid groups (broad SMARTS) is 1. The second-order valence-electron chi connectivity index (χ2n) is 1.02. The van der Waals surface area contributed by atoms with Crippen molar-refractivity contribution in [1.82, 2.24) is 0 Å². The first-order chi connectivity index (χ1) is 3.77. The van der Waals surface area contributed by atoms with Crippen molar-refractivity contribution in [2.75, 3.05) is 11.5 Å². The average Bonchev–Trinajstić information content (AvgIpc) is 1.66. The quantitative estimate of drug-likeness (QED) is 0.319. The second-order valence-corrected chi connectivity index (χ2v) is 2.01. The number of hydrogen-bond acceptors (Lipinski definition) is 4. The summed E-state index contributed by atoms with van der Waals surface area (Å²) in [4.78, 5) is 9.63. The molecule has 0 saturated heterocycles. The standard InChI is InChI=1S/C4H5NO2S.K/c5-1-2-8-3-4(6)7;/h2-3H2,(H,6,7);/q;+1/p-1. The number of nitriles is 1. The molecule has 44 valence electrons. The average molecular weight is 169 g/mol. The summed E-state index contributed by atoms with van der Waals surface area (Å²) in [7, 11) is 0. The van der Waals surface area contributed by atoms with Crippen molar-refractivity contribution in [3.8, 4) is 6.07 Å². The third-order valence-corrected chi connectivity index (χ3v) is 1.16. The van der Waals surface area contributed by atoms with E-state index in [4.69, 9.17) is 5.26 Å². The molecular weight excluding hydrogens is 165 g/mol. The van der Waals surface area contributed by atoms with E-state index in [-0.39, 0.29) is 62.9 Å². The number of aliphatic carboxylic acids is 1. The summed E-state index contributed by atoms with van der Waals surface area (Å²) in [5, 5.41) is 17.5. The molecule has 0 bridgehead atoms. The second kappa shape index (κ2) is 8.95. The first-order valence-corrected chi connectivity index (χ1v) is 3.07. The normalized spacial score (nSPS) is 7.00. The number of rotatable bonds is 3. The molecule has 9 heavy (non-hydrogen) atoms. The van der Waals surface area contributed by atoms with Crippen LogP contribution in [-0.4, -0.2) is 17.5 Å². The third-order valence-electron chi connectivity index (χ3n) is 0.387. The first-order valence-electron chi connectivity index (χ1n) is 1.92. The summed E-state index contributed by atoms with van der Waals surface area (Å²) >= 11 is 1.04. The van der Waals surface area contributed by atoms with Crippen molar-refractivity contribution < 1.29 is 61.3 Å². The maximum atomic E-state index is 9.63. The predicted octanol–water partition coefficient (Wildman–Crippen LogP) is -4.00. The van der Waals surface area contributed by atoms with Crippen molar-refractivity contribution in [2.45, 2.75) is 0 Å². The van der Waals surface area contributed by atoms with Gasteiger partial charge in [-0.05, 0) is 0 Å². The van der Waals surface area contributed by atoms with Gasteiger partial charge in [0.2, 0.25) is 0 Å². The molecule has 0 rings (SSSR count). The van der Waals surface area contributed by atoms with E-state index in [2.05, 4.69) is 0 Å². The zero-order valence-electron chi connectivity index (χ0n) is 5.09.